The fourth-order valence-corrected chi connectivity index (χ4v) is 5.82. The Labute approximate surface area is 222 Å². The summed E-state index contributed by atoms with van der Waals surface area (Å²) in [7, 11) is 3.18. The van der Waals surface area contributed by atoms with E-state index in [1.165, 1.54) is 6.07 Å². The number of halogens is 2. The van der Waals surface area contributed by atoms with E-state index in [0.717, 1.165) is 22.0 Å². The van der Waals surface area contributed by atoms with Gasteiger partial charge in [-0.15, -0.1) is 0 Å². The molecule has 9 heteroatoms. The van der Waals surface area contributed by atoms with Crippen LogP contribution in [-0.2, 0) is 6.61 Å². The van der Waals surface area contributed by atoms with Crippen LogP contribution in [0.2, 0.25) is 5.02 Å². The summed E-state index contributed by atoms with van der Waals surface area (Å²) in [6.07, 6.45) is 4.96. The molecule has 2 aliphatic rings. The lowest BCUT2D eigenvalue weighted by Gasteiger charge is -2.38. The van der Waals surface area contributed by atoms with Gasteiger partial charge in [-0.3, -0.25) is 10.1 Å². The summed E-state index contributed by atoms with van der Waals surface area (Å²) in [5.74, 6) is 1.76. The second kappa shape index (κ2) is 10.0. The van der Waals surface area contributed by atoms with Gasteiger partial charge in [0.15, 0.2) is 11.5 Å². The van der Waals surface area contributed by atoms with Crippen molar-refractivity contribution in [1.29, 1.82) is 0 Å². The third kappa shape index (κ3) is 4.40. The molecule has 3 atom stereocenters. The molecule has 0 saturated carbocycles. The van der Waals surface area contributed by atoms with Gasteiger partial charge in [0.05, 0.1) is 40.9 Å². The van der Waals surface area contributed by atoms with Crippen molar-refractivity contribution in [2.75, 3.05) is 19.5 Å². The van der Waals surface area contributed by atoms with Gasteiger partial charge in [-0.05, 0) is 69.7 Å². The van der Waals surface area contributed by atoms with E-state index >= 15 is 0 Å². The van der Waals surface area contributed by atoms with Crippen LogP contribution in [0.5, 0.6) is 17.2 Å². The van der Waals surface area contributed by atoms with E-state index in [9.17, 15) is 10.1 Å². The summed E-state index contributed by atoms with van der Waals surface area (Å²) < 4.78 is 18.1. The third-order valence-electron chi connectivity index (χ3n) is 6.78. The number of rotatable bonds is 7. The molecular formula is C27H24BrClN2O5. The van der Waals surface area contributed by atoms with Crippen LogP contribution in [0.4, 0.5) is 11.4 Å². The molecule has 3 aromatic rings. The van der Waals surface area contributed by atoms with Crippen molar-refractivity contribution in [3.05, 3.63) is 97.0 Å². The molecule has 1 heterocycles. The van der Waals surface area contributed by atoms with E-state index in [-0.39, 0.29) is 28.5 Å². The van der Waals surface area contributed by atoms with Gasteiger partial charge in [0, 0.05) is 17.0 Å². The number of methoxy groups -OCH3 is 2. The predicted octanol–water partition coefficient (Wildman–Crippen LogP) is 7.43. The summed E-state index contributed by atoms with van der Waals surface area (Å²) in [5.41, 5.74) is 3.39. The Morgan fingerprint density at radius 3 is 2.56 bits per heavy atom. The van der Waals surface area contributed by atoms with Crippen LogP contribution < -0.4 is 19.5 Å². The Morgan fingerprint density at radius 2 is 1.86 bits per heavy atom. The third-order valence-corrected chi connectivity index (χ3v) is 7.62. The molecule has 0 amide bonds. The van der Waals surface area contributed by atoms with Gasteiger partial charge >= 0.3 is 0 Å². The highest BCUT2D eigenvalue weighted by Crippen LogP contribution is 2.55. The quantitative estimate of drug-likeness (QED) is 0.180. The second-order valence-electron chi connectivity index (χ2n) is 8.76. The van der Waals surface area contributed by atoms with Crippen LogP contribution in [0.25, 0.3) is 0 Å². The van der Waals surface area contributed by atoms with E-state index in [2.05, 4.69) is 33.4 Å². The van der Waals surface area contributed by atoms with Crippen molar-refractivity contribution in [2.24, 2.45) is 5.92 Å². The molecule has 0 aromatic heterocycles. The first-order valence-electron chi connectivity index (χ1n) is 11.4. The maximum absolute atomic E-state index is 11.8. The number of benzene rings is 3. The first kappa shape index (κ1) is 24.5. The van der Waals surface area contributed by atoms with Gasteiger partial charge in [-0.1, -0.05) is 35.9 Å². The summed E-state index contributed by atoms with van der Waals surface area (Å²) in [6, 6.07) is 14.5. The second-order valence-corrected chi connectivity index (χ2v) is 10.0. The number of hydrogen-bond donors (Lipinski definition) is 1. The molecule has 0 unspecified atom stereocenters. The average Bonchev–Trinajstić information content (AvgIpc) is 3.37. The normalized spacial score (nSPS) is 19.7. The van der Waals surface area contributed by atoms with Crippen LogP contribution in [0.15, 0.2) is 65.2 Å². The minimum absolute atomic E-state index is 0.0979. The molecule has 0 saturated heterocycles. The van der Waals surface area contributed by atoms with Crippen molar-refractivity contribution < 1.29 is 19.1 Å². The lowest BCUT2D eigenvalue weighted by atomic mass is 9.76. The first-order valence-corrected chi connectivity index (χ1v) is 12.6. The van der Waals surface area contributed by atoms with E-state index in [1.54, 1.807) is 20.3 Å². The molecule has 0 fully saturated rings. The van der Waals surface area contributed by atoms with Gasteiger partial charge < -0.3 is 19.5 Å². The molecule has 1 aliphatic heterocycles. The van der Waals surface area contributed by atoms with Crippen molar-refractivity contribution >= 4 is 38.9 Å². The number of hydrogen-bond acceptors (Lipinski definition) is 6. The van der Waals surface area contributed by atoms with Crippen LogP contribution in [0.3, 0.4) is 0 Å². The average molecular weight is 572 g/mol. The minimum Gasteiger partial charge on any atom is -0.495 e. The lowest BCUT2D eigenvalue weighted by molar-refractivity contribution is -0.385. The number of allylic oxidation sites excluding steroid dienone is 2. The number of fused-ring (bicyclic) bond motifs is 3. The topological polar surface area (TPSA) is 82.9 Å². The zero-order valence-electron chi connectivity index (χ0n) is 19.7. The molecular weight excluding hydrogens is 548 g/mol. The smallest absolute Gasteiger partial charge is 0.275 e. The van der Waals surface area contributed by atoms with Gasteiger partial charge in [0.1, 0.15) is 12.4 Å². The number of nitro groups is 1. The Kier molecular flexibility index (Phi) is 6.81. The SMILES string of the molecule is COc1ccc([N+](=O)[O-])c2c1N[C@H](c1cc(Br)c(OCc3ccc(Cl)cc3)c(OC)c1)[C@@H]1CC=C[C@H]21. The maximum Gasteiger partial charge on any atom is 0.275 e. The standard InChI is InChI=1S/C27H24BrClN2O5/c1-34-22-11-10-21(31(32)33)24-18-4-3-5-19(18)25(30-26(22)24)16-12-20(28)27(23(13-16)35-2)36-14-15-6-8-17(29)9-7-15/h3-4,6-13,18-19,25,30H,5,14H2,1-2H3/t18-,19+,25+/m0/s1. The molecule has 0 bridgehead atoms. The number of nitrogens with one attached hydrogen (secondary N) is 1. The van der Waals surface area contributed by atoms with E-state index in [1.807, 2.05) is 36.4 Å². The van der Waals surface area contributed by atoms with Gasteiger partial charge in [0.2, 0.25) is 0 Å². The maximum atomic E-state index is 11.8. The Hall–Kier alpha value is -3.23. The fraction of sp³-hybridized carbons (Fsp3) is 0.259. The molecule has 1 aliphatic carbocycles. The highest BCUT2D eigenvalue weighted by atomic mass is 79.9. The zero-order chi connectivity index (χ0) is 25.4. The first-order chi connectivity index (χ1) is 17.4. The van der Waals surface area contributed by atoms with Crippen LogP contribution in [0, 0.1) is 16.0 Å². The van der Waals surface area contributed by atoms with E-state index in [0.29, 0.717) is 40.1 Å². The summed E-state index contributed by atoms with van der Waals surface area (Å²) >= 11 is 9.66. The van der Waals surface area contributed by atoms with E-state index < -0.39 is 0 Å². The van der Waals surface area contributed by atoms with Crippen molar-refractivity contribution in [2.45, 2.75) is 25.0 Å². The molecule has 36 heavy (non-hydrogen) atoms. The highest BCUT2D eigenvalue weighted by Gasteiger charge is 2.43. The number of ether oxygens (including phenoxy) is 3. The minimum atomic E-state index is -0.323. The molecule has 0 spiro atoms. The van der Waals surface area contributed by atoms with Crippen LogP contribution >= 0.6 is 27.5 Å². The van der Waals surface area contributed by atoms with Crippen LogP contribution in [-0.4, -0.2) is 19.1 Å². The lowest BCUT2D eigenvalue weighted by Crippen LogP contribution is -2.30. The predicted molar refractivity (Wildman–Crippen MR) is 142 cm³/mol. The molecule has 186 valence electrons. The monoisotopic (exact) mass is 570 g/mol. The van der Waals surface area contributed by atoms with Gasteiger partial charge in [-0.2, -0.15) is 0 Å². The number of anilines is 1. The van der Waals surface area contributed by atoms with Gasteiger partial charge in [0.25, 0.3) is 5.69 Å². The van der Waals surface area contributed by atoms with Crippen molar-refractivity contribution in [1.82, 2.24) is 0 Å². The van der Waals surface area contributed by atoms with Crippen LogP contribution in [0.1, 0.15) is 35.1 Å². The molecule has 1 N–H and O–H groups in total. The highest BCUT2D eigenvalue weighted by molar-refractivity contribution is 9.10. The summed E-state index contributed by atoms with van der Waals surface area (Å²) in [5, 5.41) is 16.1. The number of nitro benzene ring substituents is 1. The Bertz CT molecular complexity index is 1340. The van der Waals surface area contributed by atoms with Gasteiger partial charge in [-0.25, -0.2) is 0 Å². The Balaban J connectivity index is 1.51. The van der Waals surface area contributed by atoms with Crippen molar-refractivity contribution in [3.63, 3.8) is 0 Å². The van der Waals surface area contributed by atoms with Crippen molar-refractivity contribution in [3.8, 4) is 17.2 Å². The summed E-state index contributed by atoms with van der Waals surface area (Å²) in [4.78, 5) is 11.5. The molecule has 0 radical (unpaired) electrons. The fourth-order valence-electron chi connectivity index (χ4n) is 5.12. The largest absolute Gasteiger partial charge is 0.495 e. The molecule has 3 aromatic carbocycles. The Morgan fingerprint density at radius 1 is 1.11 bits per heavy atom. The number of nitrogens with zero attached hydrogens (tertiary/aromatic N) is 1. The zero-order valence-corrected chi connectivity index (χ0v) is 22.0. The summed E-state index contributed by atoms with van der Waals surface area (Å²) in [6.45, 7) is 0.357. The van der Waals surface area contributed by atoms with E-state index in [4.69, 9.17) is 25.8 Å². The molecule has 7 nitrogen and oxygen atoms in total. The molecule has 5 rings (SSSR count).